The number of hydrogen-bond donors (Lipinski definition) is 1. The Labute approximate surface area is 171 Å². The van der Waals surface area contributed by atoms with E-state index >= 15 is 0 Å². The molecular formula is C23H28N4O2. The molecule has 6 heteroatoms. The number of unbranched alkanes of at least 4 members (excludes halogenated alkanes) is 2. The molecular weight excluding hydrogens is 364 g/mol. The number of hydrogen-bond acceptors (Lipinski definition) is 4. The van der Waals surface area contributed by atoms with Gasteiger partial charge in [0.2, 0.25) is 0 Å². The fourth-order valence-electron chi connectivity index (χ4n) is 3.37. The molecule has 0 amide bonds. The number of carbonyl (C=O) groups is 1. The van der Waals surface area contributed by atoms with Crippen LogP contribution in [0.25, 0.3) is 11.1 Å². The van der Waals surface area contributed by atoms with Gasteiger partial charge in [0.25, 0.3) is 0 Å². The molecule has 2 aromatic heterocycles. The Morgan fingerprint density at radius 2 is 1.83 bits per heavy atom. The Morgan fingerprint density at radius 1 is 1.03 bits per heavy atom. The Kier molecular flexibility index (Phi) is 7.11. The van der Waals surface area contributed by atoms with Crippen molar-refractivity contribution < 1.29 is 9.90 Å². The zero-order chi connectivity index (χ0) is 20.6. The highest BCUT2D eigenvalue weighted by molar-refractivity contribution is 5.93. The highest BCUT2D eigenvalue weighted by atomic mass is 16.4. The van der Waals surface area contributed by atoms with Crippen molar-refractivity contribution in [1.29, 1.82) is 0 Å². The molecule has 0 saturated heterocycles. The summed E-state index contributed by atoms with van der Waals surface area (Å²) in [6, 6.07) is 11.5. The lowest BCUT2D eigenvalue weighted by atomic mass is 10.0. The molecule has 0 aliphatic carbocycles. The summed E-state index contributed by atoms with van der Waals surface area (Å²) >= 11 is 0. The number of aryl methyl sites for hydroxylation is 2. The summed E-state index contributed by atoms with van der Waals surface area (Å²) in [7, 11) is 0. The normalized spacial score (nSPS) is 11.0. The van der Waals surface area contributed by atoms with Crippen LogP contribution in [0.1, 0.15) is 67.2 Å². The summed E-state index contributed by atoms with van der Waals surface area (Å²) in [5, 5.41) is 14.1. The van der Waals surface area contributed by atoms with Crippen molar-refractivity contribution in [2.75, 3.05) is 0 Å². The van der Waals surface area contributed by atoms with E-state index in [0.717, 1.165) is 48.5 Å². The maximum atomic E-state index is 11.4. The molecule has 3 rings (SSSR count). The summed E-state index contributed by atoms with van der Waals surface area (Å²) in [6.07, 6.45) is 7.88. The molecule has 1 N–H and O–H groups in total. The summed E-state index contributed by atoms with van der Waals surface area (Å²) in [5.41, 5.74) is 2.64. The first-order chi connectivity index (χ1) is 14.1. The molecule has 0 saturated carbocycles. The summed E-state index contributed by atoms with van der Waals surface area (Å²) in [6.45, 7) is 5.00. The summed E-state index contributed by atoms with van der Waals surface area (Å²) in [4.78, 5) is 20.2. The van der Waals surface area contributed by atoms with Gasteiger partial charge in [-0.25, -0.2) is 19.4 Å². The smallest absolute Gasteiger partial charge is 0.355 e. The molecule has 0 aliphatic heterocycles. The standard InChI is InChI=1S/C23H28N4O2/c1-3-5-6-10-21-25-20(8-4-2)26-27(21)16-17-11-13-18(14-12-17)19-9-7-15-24-22(19)23(28)29/h7,9,11-15H,3-6,8,10,16H2,1-2H3,(H,28,29). The van der Waals surface area contributed by atoms with Crippen LogP contribution in [0.5, 0.6) is 0 Å². The maximum absolute atomic E-state index is 11.4. The summed E-state index contributed by atoms with van der Waals surface area (Å²) < 4.78 is 2.02. The van der Waals surface area contributed by atoms with Crippen LogP contribution in [0.2, 0.25) is 0 Å². The van der Waals surface area contributed by atoms with Crippen molar-refractivity contribution in [3.63, 3.8) is 0 Å². The third-order valence-corrected chi connectivity index (χ3v) is 4.88. The van der Waals surface area contributed by atoms with Gasteiger partial charge in [-0.05, 0) is 30.0 Å². The molecule has 3 aromatic rings. The molecule has 0 radical (unpaired) electrons. The first-order valence-corrected chi connectivity index (χ1v) is 10.3. The van der Waals surface area contributed by atoms with E-state index in [4.69, 9.17) is 10.1 Å². The lowest BCUT2D eigenvalue weighted by Gasteiger charge is -2.08. The molecule has 6 nitrogen and oxygen atoms in total. The van der Waals surface area contributed by atoms with Crippen LogP contribution in [-0.4, -0.2) is 30.8 Å². The van der Waals surface area contributed by atoms with Gasteiger partial charge in [-0.1, -0.05) is 57.0 Å². The maximum Gasteiger partial charge on any atom is 0.355 e. The molecule has 29 heavy (non-hydrogen) atoms. The van der Waals surface area contributed by atoms with Crippen LogP contribution in [0.15, 0.2) is 42.6 Å². The minimum atomic E-state index is -1.02. The van der Waals surface area contributed by atoms with Crippen LogP contribution >= 0.6 is 0 Å². The molecule has 0 spiro atoms. The second-order valence-corrected chi connectivity index (χ2v) is 7.21. The Balaban J connectivity index is 1.80. The first-order valence-electron chi connectivity index (χ1n) is 10.3. The van der Waals surface area contributed by atoms with Gasteiger partial charge in [-0.2, -0.15) is 5.10 Å². The molecule has 2 heterocycles. The van der Waals surface area contributed by atoms with E-state index in [2.05, 4.69) is 18.8 Å². The number of pyridine rings is 1. The fraction of sp³-hybridized carbons (Fsp3) is 0.391. The first kappa shape index (κ1) is 20.7. The predicted octanol–water partition coefficient (Wildman–Crippen LogP) is 4.77. The van der Waals surface area contributed by atoms with Crippen LogP contribution < -0.4 is 0 Å². The molecule has 0 bridgehead atoms. The van der Waals surface area contributed by atoms with Gasteiger partial charge in [-0.15, -0.1) is 0 Å². The molecule has 152 valence electrons. The SMILES string of the molecule is CCCCCc1nc(CCC)nn1Cc1ccc(-c2cccnc2C(=O)O)cc1. The lowest BCUT2D eigenvalue weighted by Crippen LogP contribution is -2.07. The second-order valence-electron chi connectivity index (χ2n) is 7.21. The Bertz CT molecular complexity index is 948. The van der Waals surface area contributed by atoms with Crippen LogP contribution in [-0.2, 0) is 19.4 Å². The molecule has 0 aliphatic rings. The van der Waals surface area contributed by atoms with Gasteiger partial charge in [-0.3, -0.25) is 0 Å². The van der Waals surface area contributed by atoms with Crippen LogP contribution in [0.4, 0.5) is 0 Å². The number of benzene rings is 1. The molecule has 0 atom stereocenters. The van der Waals surface area contributed by atoms with Crippen molar-refractivity contribution in [2.45, 2.75) is 58.9 Å². The van der Waals surface area contributed by atoms with Crippen LogP contribution in [0, 0.1) is 0 Å². The third kappa shape index (κ3) is 5.28. The zero-order valence-corrected chi connectivity index (χ0v) is 17.1. The molecule has 0 unspecified atom stereocenters. The van der Waals surface area contributed by atoms with Crippen LogP contribution in [0.3, 0.4) is 0 Å². The largest absolute Gasteiger partial charge is 0.476 e. The average Bonchev–Trinajstić information content (AvgIpc) is 3.10. The quantitative estimate of drug-likeness (QED) is 0.503. The second kappa shape index (κ2) is 9.96. The van der Waals surface area contributed by atoms with Crippen molar-refractivity contribution in [1.82, 2.24) is 19.7 Å². The van der Waals surface area contributed by atoms with E-state index in [0.29, 0.717) is 12.1 Å². The van der Waals surface area contributed by atoms with Gasteiger partial charge in [0.1, 0.15) is 5.82 Å². The number of aromatic nitrogens is 4. The molecule has 1 aromatic carbocycles. The monoisotopic (exact) mass is 392 g/mol. The predicted molar refractivity (Wildman–Crippen MR) is 113 cm³/mol. The number of carboxylic acids is 1. The lowest BCUT2D eigenvalue weighted by molar-refractivity contribution is 0.0691. The van der Waals surface area contributed by atoms with Gasteiger partial charge < -0.3 is 5.11 Å². The van der Waals surface area contributed by atoms with Gasteiger partial charge in [0.15, 0.2) is 11.5 Å². The molecule has 0 fully saturated rings. The number of nitrogens with zero attached hydrogens (tertiary/aromatic N) is 4. The minimum absolute atomic E-state index is 0.0685. The van der Waals surface area contributed by atoms with Crippen molar-refractivity contribution in [3.8, 4) is 11.1 Å². The van der Waals surface area contributed by atoms with E-state index in [9.17, 15) is 9.90 Å². The van der Waals surface area contributed by atoms with Crippen molar-refractivity contribution >= 4 is 5.97 Å². The highest BCUT2D eigenvalue weighted by Crippen LogP contribution is 2.23. The topological polar surface area (TPSA) is 80.9 Å². The number of aromatic carboxylic acids is 1. The Morgan fingerprint density at radius 3 is 2.52 bits per heavy atom. The van der Waals surface area contributed by atoms with E-state index in [-0.39, 0.29) is 5.69 Å². The van der Waals surface area contributed by atoms with Crippen molar-refractivity contribution in [2.24, 2.45) is 0 Å². The van der Waals surface area contributed by atoms with E-state index in [1.54, 1.807) is 12.1 Å². The van der Waals surface area contributed by atoms with E-state index in [1.807, 2.05) is 28.9 Å². The van der Waals surface area contributed by atoms with E-state index < -0.39 is 5.97 Å². The average molecular weight is 393 g/mol. The number of carboxylic acid groups (broad SMARTS) is 1. The highest BCUT2D eigenvalue weighted by Gasteiger charge is 2.13. The van der Waals surface area contributed by atoms with Gasteiger partial charge in [0.05, 0.1) is 6.54 Å². The van der Waals surface area contributed by atoms with Gasteiger partial charge in [0, 0.05) is 24.6 Å². The van der Waals surface area contributed by atoms with Crippen molar-refractivity contribution in [3.05, 3.63) is 65.5 Å². The zero-order valence-electron chi connectivity index (χ0n) is 17.1. The third-order valence-electron chi connectivity index (χ3n) is 4.88. The Hall–Kier alpha value is -3.02. The van der Waals surface area contributed by atoms with Gasteiger partial charge >= 0.3 is 5.97 Å². The number of rotatable bonds is 10. The fourth-order valence-corrected chi connectivity index (χ4v) is 3.37. The minimum Gasteiger partial charge on any atom is -0.476 e. The van der Waals surface area contributed by atoms with E-state index in [1.165, 1.54) is 19.0 Å². The summed E-state index contributed by atoms with van der Waals surface area (Å²) in [5.74, 6) is 0.941.